The molecule has 4 aromatic rings. The summed E-state index contributed by atoms with van der Waals surface area (Å²) in [6, 6.07) is 24.4. The van der Waals surface area contributed by atoms with Gasteiger partial charge in [-0.25, -0.2) is 17.7 Å². The predicted octanol–water partition coefficient (Wildman–Crippen LogP) is 3.66. The first-order chi connectivity index (χ1) is 16.3. The van der Waals surface area contributed by atoms with Crippen LogP contribution in [-0.2, 0) is 28.3 Å². The molecule has 0 unspecified atom stereocenters. The van der Waals surface area contributed by atoms with Gasteiger partial charge in [-0.05, 0) is 29.3 Å². The van der Waals surface area contributed by atoms with E-state index in [1.807, 2.05) is 72.3 Å². The van der Waals surface area contributed by atoms with Gasteiger partial charge < -0.3 is 9.88 Å². The van der Waals surface area contributed by atoms with Crippen LogP contribution in [0.15, 0.2) is 83.8 Å². The first-order valence-electron chi connectivity index (χ1n) is 11.0. The molecule has 1 amide bonds. The van der Waals surface area contributed by atoms with Crippen molar-refractivity contribution in [3.8, 4) is 0 Å². The van der Waals surface area contributed by atoms with Crippen LogP contribution < -0.4 is 5.32 Å². The summed E-state index contributed by atoms with van der Waals surface area (Å²) in [5.41, 5.74) is 3.44. The number of nitrogens with zero attached hydrogens (tertiary/aromatic N) is 3. The monoisotopic (exact) mass is 476 g/mol. The van der Waals surface area contributed by atoms with Crippen LogP contribution in [0.25, 0.3) is 11.0 Å². The highest BCUT2D eigenvalue weighted by molar-refractivity contribution is 7.89. The number of hydrogen-bond acceptors (Lipinski definition) is 4. The molecule has 0 aliphatic carbocycles. The third kappa shape index (κ3) is 4.88. The molecule has 0 saturated heterocycles. The lowest BCUT2D eigenvalue weighted by atomic mass is 9.98. The Morgan fingerprint density at radius 3 is 2.12 bits per heavy atom. The summed E-state index contributed by atoms with van der Waals surface area (Å²) >= 11 is 0. The van der Waals surface area contributed by atoms with Crippen molar-refractivity contribution in [1.82, 2.24) is 19.2 Å². The molecule has 1 N–H and O–H groups in total. The van der Waals surface area contributed by atoms with E-state index in [2.05, 4.69) is 10.3 Å². The number of aromatic nitrogens is 2. The maximum absolute atomic E-state index is 12.9. The molecule has 0 aliphatic rings. The van der Waals surface area contributed by atoms with Gasteiger partial charge in [0.2, 0.25) is 15.9 Å². The Labute approximate surface area is 200 Å². The number of carbonyl (C=O) groups excluding carboxylic acids is 1. The van der Waals surface area contributed by atoms with Crippen LogP contribution in [0.4, 0.5) is 0 Å². The van der Waals surface area contributed by atoms with Crippen molar-refractivity contribution in [2.24, 2.45) is 7.05 Å². The maximum Gasteiger partial charge on any atom is 0.242 e. The highest BCUT2D eigenvalue weighted by Gasteiger charge is 2.20. The van der Waals surface area contributed by atoms with Gasteiger partial charge in [0.15, 0.2) is 0 Å². The summed E-state index contributed by atoms with van der Waals surface area (Å²) < 4.78 is 28.0. The standard InChI is InChI=1S/C26H28N4O3S/c1-29(2)34(32,33)21-14-15-23-22(18-21)27-24(30(23)3)16-17-25(31)28-26(19-10-6-4-7-11-19)20-12-8-5-9-13-20/h4-15,18,26H,16-17H2,1-3H3,(H,28,31). The molecule has 1 heterocycles. The van der Waals surface area contributed by atoms with Gasteiger partial charge in [0.25, 0.3) is 0 Å². The fourth-order valence-electron chi connectivity index (χ4n) is 3.93. The van der Waals surface area contributed by atoms with E-state index in [-0.39, 0.29) is 23.3 Å². The van der Waals surface area contributed by atoms with Crippen LogP contribution in [0.3, 0.4) is 0 Å². The van der Waals surface area contributed by atoms with Crippen molar-refractivity contribution in [3.05, 3.63) is 95.8 Å². The van der Waals surface area contributed by atoms with Crippen LogP contribution in [0.2, 0.25) is 0 Å². The smallest absolute Gasteiger partial charge is 0.242 e. The largest absolute Gasteiger partial charge is 0.345 e. The molecule has 0 bridgehead atoms. The number of rotatable bonds is 8. The number of aryl methyl sites for hydroxylation is 2. The second kappa shape index (κ2) is 9.79. The fraction of sp³-hybridized carbons (Fsp3) is 0.231. The van der Waals surface area contributed by atoms with Crippen LogP contribution in [0.5, 0.6) is 0 Å². The fourth-order valence-corrected chi connectivity index (χ4v) is 4.86. The summed E-state index contributed by atoms with van der Waals surface area (Å²) in [5, 5.41) is 3.15. The first-order valence-corrected chi connectivity index (χ1v) is 12.5. The van der Waals surface area contributed by atoms with E-state index in [9.17, 15) is 13.2 Å². The number of benzene rings is 3. The van der Waals surface area contributed by atoms with Gasteiger partial charge >= 0.3 is 0 Å². The minimum atomic E-state index is -3.54. The number of amides is 1. The van der Waals surface area contributed by atoms with Gasteiger partial charge in [-0.2, -0.15) is 0 Å². The van der Waals surface area contributed by atoms with Crippen molar-refractivity contribution in [2.45, 2.75) is 23.8 Å². The minimum absolute atomic E-state index is 0.0827. The van der Waals surface area contributed by atoms with Crippen LogP contribution >= 0.6 is 0 Å². The second-order valence-electron chi connectivity index (χ2n) is 8.35. The molecule has 1 aromatic heterocycles. The Hall–Kier alpha value is -3.49. The van der Waals surface area contributed by atoms with Gasteiger partial charge in [0.05, 0.1) is 22.0 Å². The summed E-state index contributed by atoms with van der Waals surface area (Å²) in [7, 11) is 1.33. The lowest BCUT2D eigenvalue weighted by Gasteiger charge is -2.20. The van der Waals surface area contributed by atoms with E-state index in [0.717, 1.165) is 22.5 Å². The molecule has 8 heteroatoms. The van der Waals surface area contributed by atoms with E-state index < -0.39 is 10.0 Å². The summed E-state index contributed by atoms with van der Waals surface area (Å²) in [6.07, 6.45) is 0.694. The molecular formula is C26H28N4O3S. The van der Waals surface area contributed by atoms with E-state index in [1.54, 1.807) is 18.2 Å². The number of fused-ring (bicyclic) bond motifs is 1. The van der Waals surface area contributed by atoms with Crippen molar-refractivity contribution >= 4 is 27.0 Å². The molecule has 0 atom stereocenters. The molecule has 176 valence electrons. The highest BCUT2D eigenvalue weighted by Crippen LogP contribution is 2.23. The summed E-state index contributed by atoms with van der Waals surface area (Å²) in [5.74, 6) is 0.640. The molecule has 3 aromatic carbocycles. The molecule has 4 rings (SSSR count). The second-order valence-corrected chi connectivity index (χ2v) is 10.5. The van der Waals surface area contributed by atoms with Gasteiger partial charge in [-0.3, -0.25) is 4.79 Å². The Morgan fingerprint density at radius 2 is 1.56 bits per heavy atom. The zero-order valence-corrected chi connectivity index (χ0v) is 20.3. The van der Waals surface area contributed by atoms with Crippen molar-refractivity contribution in [2.75, 3.05) is 14.1 Å². The van der Waals surface area contributed by atoms with Gasteiger partial charge in [0, 0.05) is 34.0 Å². The molecule has 0 radical (unpaired) electrons. The van der Waals surface area contributed by atoms with Gasteiger partial charge in [0.1, 0.15) is 5.82 Å². The number of nitrogens with one attached hydrogen (secondary N) is 1. The average molecular weight is 477 g/mol. The van der Waals surface area contributed by atoms with Crippen LogP contribution in [-0.4, -0.2) is 42.3 Å². The van der Waals surface area contributed by atoms with Crippen molar-refractivity contribution < 1.29 is 13.2 Å². The number of hydrogen-bond donors (Lipinski definition) is 1. The Bertz CT molecular complexity index is 1360. The SMILES string of the molecule is CN(C)S(=O)(=O)c1ccc2c(c1)nc(CCC(=O)NC(c1ccccc1)c1ccccc1)n2C. The quantitative estimate of drug-likeness (QED) is 0.421. The number of sulfonamides is 1. The lowest BCUT2D eigenvalue weighted by molar-refractivity contribution is -0.121. The van der Waals surface area contributed by atoms with E-state index >= 15 is 0 Å². The zero-order chi connectivity index (χ0) is 24.3. The minimum Gasteiger partial charge on any atom is -0.345 e. The van der Waals surface area contributed by atoms with E-state index in [0.29, 0.717) is 11.9 Å². The van der Waals surface area contributed by atoms with Crippen LogP contribution in [0, 0.1) is 0 Å². The topological polar surface area (TPSA) is 84.3 Å². The molecule has 0 saturated carbocycles. The normalized spacial score (nSPS) is 11.9. The molecule has 34 heavy (non-hydrogen) atoms. The average Bonchev–Trinajstić information content (AvgIpc) is 3.17. The first kappa shape index (κ1) is 23.7. The number of imidazole rings is 1. The highest BCUT2D eigenvalue weighted by atomic mass is 32.2. The van der Waals surface area contributed by atoms with Crippen molar-refractivity contribution in [1.29, 1.82) is 0 Å². The maximum atomic E-state index is 12.9. The Kier molecular flexibility index (Phi) is 6.81. The summed E-state index contributed by atoms with van der Waals surface area (Å²) in [4.78, 5) is 17.7. The summed E-state index contributed by atoms with van der Waals surface area (Å²) in [6.45, 7) is 0. The molecule has 0 spiro atoms. The van der Waals surface area contributed by atoms with E-state index in [1.165, 1.54) is 18.4 Å². The van der Waals surface area contributed by atoms with Crippen LogP contribution in [0.1, 0.15) is 29.4 Å². The zero-order valence-electron chi connectivity index (χ0n) is 19.5. The van der Waals surface area contributed by atoms with Gasteiger partial charge in [-0.1, -0.05) is 60.7 Å². The van der Waals surface area contributed by atoms with E-state index in [4.69, 9.17) is 0 Å². The molecule has 7 nitrogen and oxygen atoms in total. The third-order valence-electron chi connectivity index (χ3n) is 5.87. The predicted molar refractivity (Wildman–Crippen MR) is 133 cm³/mol. The Balaban J connectivity index is 1.52. The molecule has 0 fully saturated rings. The molecule has 0 aliphatic heterocycles. The van der Waals surface area contributed by atoms with Gasteiger partial charge in [-0.15, -0.1) is 0 Å². The Morgan fingerprint density at radius 1 is 0.971 bits per heavy atom. The van der Waals surface area contributed by atoms with Crippen molar-refractivity contribution in [3.63, 3.8) is 0 Å². The third-order valence-corrected chi connectivity index (χ3v) is 7.68. The number of carbonyl (C=O) groups is 1. The molecular weight excluding hydrogens is 448 g/mol. The lowest BCUT2D eigenvalue weighted by Crippen LogP contribution is -2.29.